The van der Waals surface area contributed by atoms with Crippen LogP contribution in [0, 0.1) is 11.6 Å². The standard InChI is InChI=1S/C15H11F2N5/c16-9-6-5-8(7-10(9)17)13-20-14(18)21-15-19-11-3-1-2-4-12(11)22(13)15/h1-7,13H,(H3,18,19,20,21)/t13-/m0/s1. The van der Waals surface area contributed by atoms with E-state index in [-0.39, 0.29) is 5.96 Å². The van der Waals surface area contributed by atoms with E-state index in [1.54, 1.807) is 4.57 Å². The first-order valence-corrected chi connectivity index (χ1v) is 6.66. The molecule has 1 aliphatic rings. The molecule has 0 saturated carbocycles. The van der Waals surface area contributed by atoms with Crippen molar-refractivity contribution in [1.82, 2.24) is 9.55 Å². The number of benzene rings is 2. The summed E-state index contributed by atoms with van der Waals surface area (Å²) in [7, 11) is 0. The van der Waals surface area contributed by atoms with Crippen molar-refractivity contribution in [3.63, 3.8) is 0 Å². The molecule has 5 nitrogen and oxygen atoms in total. The molecule has 0 bridgehead atoms. The molecule has 0 radical (unpaired) electrons. The van der Waals surface area contributed by atoms with E-state index in [0.29, 0.717) is 11.5 Å². The molecular formula is C15H11F2N5. The van der Waals surface area contributed by atoms with Crippen LogP contribution in [-0.2, 0) is 0 Å². The minimum atomic E-state index is -0.921. The minimum Gasteiger partial charge on any atom is -0.370 e. The first-order valence-electron chi connectivity index (χ1n) is 6.66. The molecule has 1 aliphatic heterocycles. The van der Waals surface area contributed by atoms with Crippen LogP contribution in [0.15, 0.2) is 47.5 Å². The van der Waals surface area contributed by atoms with Crippen LogP contribution in [0.1, 0.15) is 11.7 Å². The number of aromatic nitrogens is 2. The topological polar surface area (TPSA) is 68.2 Å². The molecule has 110 valence electrons. The van der Waals surface area contributed by atoms with Crippen molar-refractivity contribution < 1.29 is 8.78 Å². The predicted molar refractivity (Wildman–Crippen MR) is 79.5 cm³/mol. The second kappa shape index (κ2) is 4.52. The number of guanidine groups is 1. The molecule has 0 saturated heterocycles. The van der Waals surface area contributed by atoms with Crippen LogP contribution in [0.25, 0.3) is 11.0 Å². The molecule has 3 N–H and O–H groups in total. The zero-order valence-corrected chi connectivity index (χ0v) is 11.3. The zero-order valence-electron chi connectivity index (χ0n) is 11.3. The lowest BCUT2D eigenvalue weighted by molar-refractivity contribution is 0.503. The van der Waals surface area contributed by atoms with E-state index in [1.807, 2.05) is 24.3 Å². The lowest BCUT2D eigenvalue weighted by atomic mass is 10.1. The molecule has 0 aliphatic carbocycles. The van der Waals surface area contributed by atoms with Gasteiger partial charge in [0.25, 0.3) is 0 Å². The SMILES string of the molecule is NC1=N[C@H](c2ccc(F)c(F)c2)n2c(nc3ccccc32)N1. The lowest BCUT2D eigenvalue weighted by Crippen LogP contribution is -2.31. The number of nitrogens with two attached hydrogens (primary N) is 1. The number of nitrogens with one attached hydrogen (secondary N) is 1. The van der Waals surface area contributed by atoms with Gasteiger partial charge in [0.2, 0.25) is 5.95 Å². The van der Waals surface area contributed by atoms with Crippen LogP contribution in [0.2, 0.25) is 0 Å². The number of rotatable bonds is 1. The molecule has 0 spiro atoms. The number of imidazole rings is 1. The number of hydrogen-bond acceptors (Lipinski definition) is 4. The van der Waals surface area contributed by atoms with Gasteiger partial charge in [0, 0.05) is 5.56 Å². The second-order valence-electron chi connectivity index (χ2n) is 4.98. The number of aliphatic imine (C=N–C) groups is 1. The van der Waals surface area contributed by atoms with E-state index < -0.39 is 17.8 Å². The molecule has 22 heavy (non-hydrogen) atoms. The van der Waals surface area contributed by atoms with E-state index in [1.165, 1.54) is 6.07 Å². The number of nitrogens with zero attached hydrogens (tertiary/aromatic N) is 3. The smallest absolute Gasteiger partial charge is 0.212 e. The van der Waals surface area contributed by atoms with E-state index in [9.17, 15) is 8.78 Å². The molecule has 7 heteroatoms. The van der Waals surface area contributed by atoms with E-state index in [0.717, 1.165) is 23.2 Å². The Labute approximate surface area is 124 Å². The number of para-hydroxylation sites is 2. The van der Waals surface area contributed by atoms with Crippen molar-refractivity contribution in [2.75, 3.05) is 5.32 Å². The maximum absolute atomic E-state index is 13.6. The fourth-order valence-electron chi connectivity index (χ4n) is 2.61. The highest BCUT2D eigenvalue weighted by atomic mass is 19.2. The van der Waals surface area contributed by atoms with E-state index in [2.05, 4.69) is 15.3 Å². The van der Waals surface area contributed by atoms with Crippen LogP contribution in [0.5, 0.6) is 0 Å². The van der Waals surface area contributed by atoms with Gasteiger partial charge in [0.05, 0.1) is 11.0 Å². The molecular weight excluding hydrogens is 288 g/mol. The Balaban J connectivity index is 1.96. The van der Waals surface area contributed by atoms with Crippen LogP contribution in [0.4, 0.5) is 14.7 Å². The van der Waals surface area contributed by atoms with Gasteiger partial charge in [-0.25, -0.2) is 18.8 Å². The van der Waals surface area contributed by atoms with Crippen molar-refractivity contribution in [2.45, 2.75) is 6.17 Å². The summed E-state index contributed by atoms with van der Waals surface area (Å²) < 4.78 is 28.5. The molecule has 1 atom stereocenters. The van der Waals surface area contributed by atoms with Gasteiger partial charge in [-0.1, -0.05) is 18.2 Å². The Hall–Kier alpha value is -2.96. The van der Waals surface area contributed by atoms with Crippen molar-refractivity contribution in [1.29, 1.82) is 0 Å². The number of halogens is 2. The molecule has 2 heterocycles. The van der Waals surface area contributed by atoms with Gasteiger partial charge in [-0.05, 0) is 24.3 Å². The Morgan fingerprint density at radius 3 is 2.73 bits per heavy atom. The van der Waals surface area contributed by atoms with Gasteiger partial charge < -0.3 is 5.73 Å². The number of anilines is 1. The Morgan fingerprint density at radius 2 is 1.91 bits per heavy atom. The van der Waals surface area contributed by atoms with Gasteiger partial charge in [-0.2, -0.15) is 0 Å². The molecule has 4 rings (SSSR count). The monoisotopic (exact) mass is 299 g/mol. The third kappa shape index (κ3) is 1.82. The summed E-state index contributed by atoms with van der Waals surface area (Å²) in [6.45, 7) is 0. The first kappa shape index (κ1) is 12.8. The maximum Gasteiger partial charge on any atom is 0.212 e. The summed E-state index contributed by atoms with van der Waals surface area (Å²) in [5, 5.41) is 2.89. The third-order valence-corrected chi connectivity index (χ3v) is 3.58. The Morgan fingerprint density at radius 1 is 1.09 bits per heavy atom. The second-order valence-corrected chi connectivity index (χ2v) is 4.98. The normalized spacial score (nSPS) is 17.0. The lowest BCUT2D eigenvalue weighted by Gasteiger charge is -2.23. The highest BCUT2D eigenvalue weighted by Gasteiger charge is 2.25. The third-order valence-electron chi connectivity index (χ3n) is 3.58. The molecule has 0 fully saturated rings. The zero-order chi connectivity index (χ0) is 15.3. The number of hydrogen-bond donors (Lipinski definition) is 2. The van der Waals surface area contributed by atoms with Gasteiger partial charge in [-0.3, -0.25) is 9.88 Å². The van der Waals surface area contributed by atoms with Gasteiger partial charge in [0.15, 0.2) is 23.8 Å². The van der Waals surface area contributed by atoms with E-state index in [4.69, 9.17) is 5.73 Å². The fraction of sp³-hybridized carbons (Fsp3) is 0.0667. The minimum absolute atomic E-state index is 0.178. The van der Waals surface area contributed by atoms with E-state index >= 15 is 0 Å². The van der Waals surface area contributed by atoms with Crippen LogP contribution >= 0.6 is 0 Å². The highest BCUT2D eigenvalue weighted by molar-refractivity contribution is 5.94. The predicted octanol–water partition coefficient (Wildman–Crippen LogP) is 2.60. The van der Waals surface area contributed by atoms with Crippen LogP contribution < -0.4 is 11.1 Å². The fourth-order valence-corrected chi connectivity index (χ4v) is 2.61. The largest absolute Gasteiger partial charge is 0.370 e. The number of fused-ring (bicyclic) bond motifs is 3. The summed E-state index contributed by atoms with van der Waals surface area (Å²) >= 11 is 0. The maximum atomic E-state index is 13.6. The molecule has 0 amide bonds. The van der Waals surface area contributed by atoms with Gasteiger partial charge >= 0.3 is 0 Å². The molecule has 1 aromatic heterocycles. The summed E-state index contributed by atoms with van der Waals surface area (Å²) in [6.07, 6.45) is -0.598. The summed E-state index contributed by atoms with van der Waals surface area (Å²) in [5.41, 5.74) is 7.87. The van der Waals surface area contributed by atoms with Crippen molar-refractivity contribution in [2.24, 2.45) is 10.7 Å². The Bertz CT molecular complexity index is 915. The van der Waals surface area contributed by atoms with Crippen molar-refractivity contribution >= 4 is 22.9 Å². The average molecular weight is 299 g/mol. The Kier molecular flexibility index (Phi) is 2.62. The average Bonchev–Trinajstić information content (AvgIpc) is 2.87. The van der Waals surface area contributed by atoms with Crippen molar-refractivity contribution in [3.8, 4) is 0 Å². The molecule has 0 unspecified atom stereocenters. The summed E-state index contributed by atoms with van der Waals surface area (Å²) in [6, 6.07) is 11.2. The van der Waals surface area contributed by atoms with Crippen LogP contribution in [-0.4, -0.2) is 15.5 Å². The quantitative estimate of drug-likeness (QED) is 0.725. The summed E-state index contributed by atoms with van der Waals surface area (Å²) in [5.74, 6) is -1.12. The molecule has 2 aromatic carbocycles. The molecule has 3 aromatic rings. The highest BCUT2D eigenvalue weighted by Crippen LogP contribution is 2.32. The van der Waals surface area contributed by atoms with Gasteiger partial charge in [-0.15, -0.1) is 0 Å². The first-order chi connectivity index (χ1) is 10.6. The summed E-state index contributed by atoms with van der Waals surface area (Å²) in [4.78, 5) is 8.75. The van der Waals surface area contributed by atoms with Crippen molar-refractivity contribution in [3.05, 3.63) is 59.7 Å². The van der Waals surface area contributed by atoms with Crippen LogP contribution in [0.3, 0.4) is 0 Å². The van der Waals surface area contributed by atoms with Gasteiger partial charge in [0.1, 0.15) is 0 Å².